The van der Waals surface area contributed by atoms with E-state index in [1.54, 1.807) is 24.3 Å². The number of thioether (sulfide) groups is 1. The van der Waals surface area contributed by atoms with Crippen LogP contribution < -0.4 is 5.43 Å². The number of nitrogens with one attached hydrogen (secondary N) is 1. The first-order valence-corrected chi connectivity index (χ1v) is 8.13. The van der Waals surface area contributed by atoms with Crippen molar-refractivity contribution in [1.82, 2.24) is 10.4 Å². The quantitative estimate of drug-likeness (QED) is 0.938. The summed E-state index contributed by atoms with van der Waals surface area (Å²) in [5, 5.41) is 1.52. The molecule has 1 aliphatic heterocycles. The normalized spacial score (nSPS) is 17.6. The third kappa shape index (κ3) is 2.96. The molecule has 6 heteroatoms. The van der Waals surface area contributed by atoms with Crippen molar-refractivity contribution < 1.29 is 9.59 Å². The van der Waals surface area contributed by atoms with E-state index < -0.39 is 0 Å². The minimum absolute atomic E-state index is 0.126. The molecule has 1 N–H and O–H groups in total. The molecule has 0 aromatic heterocycles. The summed E-state index contributed by atoms with van der Waals surface area (Å²) < 4.78 is 0. The van der Waals surface area contributed by atoms with Crippen molar-refractivity contribution in [1.29, 1.82) is 0 Å². The van der Waals surface area contributed by atoms with Crippen LogP contribution in [0.4, 0.5) is 0 Å². The van der Waals surface area contributed by atoms with Crippen LogP contribution in [-0.4, -0.2) is 22.6 Å². The van der Waals surface area contributed by atoms with E-state index in [4.69, 9.17) is 11.6 Å². The lowest BCUT2D eigenvalue weighted by atomic mass is 10.2. The van der Waals surface area contributed by atoms with Crippen LogP contribution in [-0.2, 0) is 4.79 Å². The predicted molar refractivity (Wildman–Crippen MR) is 87.4 cm³/mol. The second kappa shape index (κ2) is 6.42. The first kappa shape index (κ1) is 14.9. The zero-order chi connectivity index (χ0) is 15.5. The van der Waals surface area contributed by atoms with Crippen LogP contribution in [0.3, 0.4) is 0 Å². The summed E-state index contributed by atoms with van der Waals surface area (Å²) in [6, 6.07) is 16.4. The van der Waals surface area contributed by atoms with Crippen molar-refractivity contribution in [2.75, 3.05) is 5.75 Å². The first-order chi connectivity index (χ1) is 10.7. The Kier molecular flexibility index (Phi) is 4.36. The van der Waals surface area contributed by atoms with E-state index in [-0.39, 0.29) is 17.2 Å². The third-order valence-electron chi connectivity index (χ3n) is 3.29. The molecule has 0 saturated carbocycles. The van der Waals surface area contributed by atoms with Crippen LogP contribution in [0.5, 0.6) is 0 Å². The summed E-state index contributed by atoms with van der Waals surface area (Å²) in [4.78, 5) is 24.4. The summed E-state index contributed by atoms with van der Waals surface area (Å²) in [5.41, 5.74) is 3.99. The molecular formula is C16H13ClN2O2S. The highest BCUT2D eigenvalue weighted by molar-refractivity contribution is 8.00. The second-order valence-corrected chi connectivity index (χ2v) is 6.23. The molecule has 1 unspecified atom stereocenters. The van der Waals surface area contributed by atoms with Gasteiger partial charge in [-0.2, -0.15) is 0 Å². The SMILES string of the molecule is O=C(NN1C(=O)CSC1c1ccccc1)c1ccccc1Cl. The van der Waals surface area contributed by atoms with Crippen molar-refractivity contribution in [3.8, 4) is 0 Å². The minimum Gasteiger partial charge on any atom is -0.272 e. The Hall–Kier alpha value is -1.98. The number of nitrogens with zero attached hydrogens (tertiary/aromatic N) is 1. The summed E-state index contributed by atoms with van der Waals surface area (Å²) in [6.45, 7) is 0. The molecule has 1 heterocycles. The number of carbonyl (C=O) groups excluding carboxylic acids is 2. The molecule has 22 heavy (non-hydrogen) atoms. The molecule has 0 spiro atoms. The maximum atomic E-state index is 12.3. The lowest BCUT2D eigenvalue weighted by Crippen LogP contribution is -2.44. The average Bonchev–Trinajstić information content (AvgIpc) is 2.89. The molecule has 2 aromatic carbocycles. The maximum absolute atomic E-state index is 12.3. The van der Waals surface area contributed by atoms with Gasteiger partial charge in [-0.3, -0.25) is 15.0 Å². The number of carbonyl (C=O) groups is 2. The highest BCUT2D eigenvalue weighted by atomic mass is 35.5. The van der Waals surface area contributed by atoms with E-state index in [1.807, 2.05) is 30.3 Å². The second-order valence-electron chi connectivity index (χ2n) is 4.76. The van der Waals surface area contributed by atoms with E-state index in [0.29, 0.717) is 16.3 Å². The molecular weight excluding hydrogens is 320 g/mol. The Balaban J connectivity index is 1.82. The molecule has 112 valence electrons. The van der Waals surface area contributed by atoms with E-state index in [0.717, 1.165) is 5.56 Å². The summed E-state index contributed by atoms with van der Waals surface area (Å²) in [6.07, 6.45) is 0. The van der Waals surface area contributed by atoms with Gasteiger partial charge < -0.3 is 0 Å². The first-order valence-electron chi connectivity index (χ1n) is 6.71. The molecule has 1 atom stereocenters. The van der Waals surface area contributed by atoms with Gasteiger partial charge in [-0.05, 0) is 17.7 Å². The molecule has 0 radical (unpaired) electrons. The minimum atomic E-state index is -0.387. The Morgan fingerprint density at radius 3 is 2.55 bits per heavy atom. The lowest BCUT2D eigenvalue weighted by Gasteiger charge is -2.24. The molecule has 4 nitrogen and oxygen atoms in total. The van der Waals surface area contributed by atoms with Crippen molar-refractivity contribution in [3.05, 3.63) is 70.7 Å². The van der Waals surface area contributed by atoms with Crippen molar-refractivity contribution >= 4 is 35.2 Å². The van der Waals surface area contributed by atoms with Crippen LogP contribution in [0.25, 0.3) is 0 Å². The van der Waals surface area contributed by atoms with E-state index in [9.17, 15) is 9.59 Å². The van der Waals surface area contributed by atoms with Crippen molar-refractivity contribution in [2.24, 2.45) is 0 Å². The number of benzene rings is 2. The zero-order valence-corrected chi connectivity index (χ0v) is 13.1. The number of halogens is 1. The number of hydrogen-bond acceptors (Lipinski definition) is 3. The largest absolute Gasteiger partial charge is 0.272 e. The fraction of sp³-hybridized carbons (Fsp3) is 0.125. The van der Waals surface area contributed by atoms with Gasteiger partial charge in [0.05, 0.1) is 16.3 Å². The van der Waals surface area contributed by atoms with Gasteiger partial charge in [-0.15, -0.1) is 11.8 Å². The number of amides is 2. The van der Waals surface area contributed by atoms with E-state index in [1.165, 1.54) is 16.8 Å². The van der Waals surface area contributed by atoms with Gasteiger partial charge in [-0.1, -0.05) is 54.1 Å². The maximum Gasteiger partial charge on any atom is 0.271 e. The fourth-order valence-electron chi connectivity index (χ4n) is 2.22. The van der Waals surface area contributed by atoms with Gasteiger partial charge in [0.1, 0.15) is 5.37 Å². The molecule has 1 fully saturated rings. The van der Waals surface area contributed by atoms with Gasteiger partial charge in [0.2, 0.25) is 0 Å². The van der Waals surface area contributed by atoms with Crippen LogP contribution in [0.15, 0.2) is 54.6 Å². The Morgan fingerprint density at radius 1 is 1.14 bits per heavy atom. The standard InChI is InChI=1S/C16H13ClN2O2S/c17-13-9-5-4-8-12(13)15(21)18-19-14(20)10-22-16(19)11-6-2-1-3-7-11/h1-9,16H,10H2,(H,18,21). The molecule has 2 aromatic rings. The van der Waals surface area contributed by atoms with Crippen LogP contribution >= 0.6 is 23.4 Å². The molecule has 3 rings (SSSR count). The summed E-state index contributed by atoms with van der Waals surface area (Å²) >= 11 is 7.51. The Labute approximate surface area is 137 Å². The smallest absolute Gasteiger partial charge is 0.271 e. The van der Waals surface area contributed by atoms with Gasteiger partial charge >= 0.3 is 0 Å². The molecule has 0 bridgehead atoms. The van der Waals surface area contributed by atoms with Gasteiger partial charge in [0.15, 0.2) is 0 Å². The molecule has 1 saturated heterocycles. The summed E-state index contributed by atoms with van der Waals surface area (Å²) in [5.74, 6) is -0.177. The Morgan fingerprint density at radius 2 is 1.82 bits per heavy atom. The molecule has 2 amide bonds. The van der Waals surface area contributed by atoms with Crippen LogP contribution in [0.1, 0.15) is 21.3 Å². The zero-order valence-electron chi connectivity index (χ0n) is 11.5. The fourth-order valence-corrected chi connectivity index (χ4v) is 3.55. The van der Waals surface area contributed by atoms with Crippen LogP contribution in [0, 0.1) is 0 Å². The van der Waals surface area contributed by atoms with Crippen molar-refractivity contribution in [2.45, 2.75) is 5.37 Å². The van der Waals surface area contributed by atoms with Gasteiger partial charge in [-0.25, -0.2) is 5.01 Å². The van der Waals surface area contributed by atoms with Gasteiger partial charge in [0.25, 0.3) is 11.8 Å². The lowest BCUT2D eigenvalue weighted by molar-refractivity contribution is -0.130. The van der Waals surface area contributed by atoms with E-state index >= 15 is 0 Å². The topological polar surface area (TPSA) is 49.4 Å². The monoisotopic (exact) mass is 332 g/mol. The highest BCUT2D eigenvalue weighted by Crippen LogP contribution is 2.37. The average molecular weight is 333 g/mol. The van der Waals surface area contributed by atoms with E-state index in [2.05, 4.69) is 5.43 Å². The van der Waals surface area contributed by atoms with Crippen molar-refractivity contribution in [3.63, 3.8) is 0 Å². The number of hydrazine groups is 1. The van der Waals surface area contributed by atoms with Crippen LogP contribution in [0.2, 0.25) is 5.02 Å². The molecule has 0 aliphatic carbocycles. The third-order valence-corrected chi connectivity index (χ3v) is 4.84. The van der Waals surface area contributed by atoms with Gasteiger partial charge in [0, 0.05) is 0 Å². The number of rotatable bonds is 3. The predicted octanol–water partition coefficient (Wildman–Crippen LogP) is 3.26. The highest BCUT2D eigenvalue weighted by Gasteiger charge is 2.34. The number of hydrogen-bond donors (Lipinski definition) is 1. The summed E-state index contributed by atoms with van der Waals surface area (Å²) in [7, 11) is 0. The molecule has 1 aliphatic rings. The Bertz CT molecular complexity index is 708.